The van der Waals surface area contributed by atoms with Crippen LogP contribution in [-0.2, 0) is 24.2 Å². The molecule has 0 aliphatic heterocycles. The molecule has 1 aromatic heterocycles. The summed E-state index contributed by atoms with van der Waals surface area (Å²) in [6.45, 7) is 2.15. The summed E-state index contributed by atoms with van der Waals surface area (Å²) in [6, 6.07) is 7.28. The number of ether oxygens (including phenoxy) is 1. The van der Waals surface area contributed by atoms with E-state index in [9.17, 15) is 14.0 Å². The summed E-state index contributed by atoms with van der Waals surface area (Å²) >= 11 is 0. The van der Waals surface area contributed by atoms with E-state index in [1.807, 2.05) is 0 Å². The summed E-state index contributed by atoms with van der Waals surface area (Å²) in [5.41, 5.74) is 1.87. The van der Waals surface area contributed by atoms with Crippen LogP contribution in [0.1, 0.15) is 31.0 Å². The topological polar surface area (TPSA) is 73.2 Å². The number of nitrogens with one attached hydrogen (secondary N) is 1. The maximum Gasteiger partial charge on any atom is 0.267 e. The molecule has 1 atom stereocenters. The fourth-order valence-corrected chi connectivity index (χ4v) is 2.99. The van der Waals surface area contributed by atoms with Crippen molar-refractivity contribution in [2.75, 3.05) is 6.54 Å². The van der Waals surface area contributed by atoms with Gasteiger partial charge in [0, 0.05) is 18.7 Å². The molecule has 1 aliphatic carbocycles. The maximum absolute atomic E-state index is 13.1. The molecule has 0 saturated carbocycles. The number of halogens is 1. The van der Waals surface area contributed by atoms with Gasteiger partial charge >= 0.3 is 0 Å². The van der Waals surface area contributed by atoms with E-state index in [0.29, 0.717) is 12.3 Å². The molecule has 1 aliphatic rings. The van der Waals surface area contributed by atoms with Crippen LogP contribution in [0.5, 0.6) is 5.75 Å². The molecule has 7 heteroatoms. The molecule has 0 bridgehead atoms. The zero-order chi connectivity index (χ0) is 18.5. The van der Waals surface area contributed by atoms with Gasteiger partial charge in [0.25, 0.3) is 11.5 Å². The van der Waals surface area contributed by atoms with Gasteiger partial charge in [0.15, 0.2) is 6.10 Å². The molecule has 0 fully saturated rings. The van der Waals surface area contributed by atoms with Crippen molar-refractivity contribution in [1.29, 1.82) is 0 Å². The number of benzene rings is 1. The molecule has 1 heterocycles. The van der Waals surface area contributed by atoms with Crippen LogP contribution >= 0.6 is 0 Å². The highest BCUT2D eigenvalue weighted by Gasteiger charge is 2.16. The van der Waals surface area contributed by atoms with Crippen molar-refractivity contribution in [3.8, 4) is 5.75 Å². The third kappa shape index (κ3) is 4.47. The Balaban J connectivity index is 1.52. The van der Waals surface area contributed by atoms with Gasteiger partial charge in [0.05, 0.1) is 12.2 Å². The van der Waals surface area contributed by atoms with E-state index in [1.165, 1.54) is 22.9 Å². The Hall–Kier alpha value is -2.70. The quantitative estimate of drug-likeness (QED) is 0.854. The van der Waals surface area contributed by atoms with Crippen LogP contribution in [0.2, 0.25) is 0 Å². The molecule has 0 saturated heterocycles. The monoisotopic (exact) mass is 359 g/mol. The number of hydrogen-bond acceptors (Lipinski definition) is 4. The Morgan fingerprint density at radius 3 is 2.96 bits per heavy atom. The average molecular weight is 359 g/mol. The molecule has 6 nitrogen and oxygen atoms in total. The number of amides is 1. The van der Waals surface area contributed by atoms with E-state index in [2.05, 4.69) is 10.4 Å². The van der Waals surface area contributed by atoms with Gasteiger partial charge in [0.1, 0.15) is 11.6 Å². The van der Waals surface area contributed by atoms with Crippen molar-refractivity contribution in [2.24, 2.45) is 0 Å². The second kappa shape index (κ2) is 8.12. The molecular formula is C19H22FN3O3. The molecule has 1 N–H and O–H groups in total. The molecule has 2 aromatic rings. The van der Waals surface area contributed by atoms with Gasteiger partial charge < -0.3 is 10.1 Å². The first-order valence-electron chi connectivity index (χ1n) is 8.83. The highest BCUT2D eigenvalue weighted by atomic mass is 19.1. The fraction of sp³-hybridized carbons (Fsp3) is 0.421. The van der Waals surface area contributed by atoms with Gasteiger partial charge in [-0.05, 0) is 50.3 Å². The number of fused-ring (bicyclic) bond motifs is 1. The second-order valence-electron chi connectivity index (χ2n) is 6.39. The predicted octanol–water partition coefficient (Wildman–Crippen LogP) is 1.84. The number of aryl methyl sites for hydroxylation is 2. The van der Waals surface area contributed by atoms with Crippen molar-refractivity contribution < 1.29 is 13.9 Å². The molecule has 1 amide bonds. The highest BCUT2D eigenvalue weighted by molar-refractivity contribution is 5.80. The lowest BCUT2D eigenvalue weighted by atomic mass is 9.97. The third-order valence-electron chi connectivity index (χ3n) is 4.37. The van der Waals surface area contributed by atoms with E-state index in [1.54, 1.807) is 19.1 Å². The van der Waals surface area contributed by atoms with Crippen LogP contribution in [-0.4, -0.2) is 28.3 Å². The Morgan fingerprint density at radius 1 is 1.35 bits per heavy atom. The second-order valence-corrected chi connectivity index (χ2v) is 6.39. The Labute approximate surface area is 151 Å². The number of aromatic nitrogens is 2. The van der Waals surface area contributed by atoms with Gasteiger partial charge in [-0.3, -0.25) is 9.59 Å². The van der Waals surface area contributed by atoms with E-state index >= 15 is 0 Å². The van der Waals surface area contributed by atoms with Crippen LogP contribution in [0.25, 0.3) is 0 Å². The van der Waals surface area contributed by atoms with E-state index in [0.717, 1.165) is 36.9 Å². The number of rotatable bonds is 6. The van der Waals surface area contributed by atoms with E-state index in [-0.39, 0.29) is 18.0 Å². The van der Waals surface area contributed by atoms with Gasteiger partial charge in [-0.1, -0.05) is 6.07 Å². The van der Waals surface area contributed by atoms with Crippen molar-refractivity contribution >= 4 is 5.91 Å². The van der Waals surface area contributed by atoms with Gasteiger partial charge in [-0.2, -0.15) is 5.10 Å². The van der Waals surface area contributed by atoms with Crippen LogP contribution in [0.4, 0.5) is 4.39 Å². The van der Waals surface area contributed by atoms with Crippen LogP contribution in [0.15, 0.2) is 35.1 Å². The van der Waals surface area contributed by atoms with E-state index < -0.39 is 11.9 Å². The molecule has 3 rings (SSSR count). The van der Waals surface area contributed by atoms with Gasteiger partial charge in [0.2, 0.25) is 0 Å². The first-order valence-corrected chi connectivity index (χ1v) is 8.83. The first-order chi connectivity index (χ1) is 12.5. The zero-order valence-corrected chi connectivity index (χ0v) is 14.7. The molecule has 1 unspecified atom stereocenters. The fourth-order valence-electron chi connectivity index (χ4n) is 2.99. The summed E-state index contributed by atoms with van der Waals surface area (Å²) in [5, 5.41) is 7.13. The third-order valence-corrected chi connectivity index (χ3v) is 4.37. The molecule has 0 radical (unpaired) electrons. The lowest BCUT2D eigenvalue weighted by molar-refractivity contribution is -0.127. The number of carbonyl (C=O) groups excluding carboxylic acids is 1. The average Bonchev–Trinajstić information content (AvgIpc) is 2.62. The van der Waals surface area contributed by atoms with Crippen molar-refractivity contribution in [3.05, 3.63) is 57.8 Å². The summed E-state index contributed by atoms with van der Waals surface area (Å²) < 4.78 is 20.0. The minimum Gasteiger partial charge on any atom is -0.481 e. The molecule has 138 valence electrons. The number of carbonyl (C=O) groups is 1. The summed E-state index contributed by atoms with van der Waals surface area (Å²) in [4.78, 5) is 24.2. The SMILES string of the molecule is CC(Oc1cccc(F)c1)C(=O)NCCn1nc2c(cc1=O)CCCC2. The Morgan fingerprint density at radius 2 is 2.15 bits per heavy atom. The normalized spacial score (nSPS) is 14.4. The van der Waals surface area contributed by atoms with Crippen molar-refractivity contribution in [1.82, 2.24) is 15.1 Å². The van der Waals surface area contributed by atoms with Gasteiger partial charge in [-0.15, -0.1) is 0 Å². The van der Waals surface area contributed by atoms with Crippen LogP contribution in [0, 0.1) is 5.82 Å². The molecule has 0 spiro atoms. The zero-order valence-electron chi connectivity index (χ0n) is 14.7. The lowest BCUT2D eigenvalue weighted by Gasteiger charge is -2.17. The number of hydrogen-bond donors (Lipinski definition) is 1. The van der Waals surface area contributed by atoms with Crippen molar-refractivity contribution in [2.45, 2.75) is 45.3 Å². The maximum atomic E-state index is 13.1. The van der Waals surface area contributed by atoms with E-state index in [4.69, 9.17) is 4.74 Å². The Kier molecular flexibility index (Phi) is 5.65. The Bertz CT molecular complexity index is 850. The standard InChI is InChI=1S/C19H22FN3O3/c1-13(26-16-7-4-6-15(20)12-16)19(25)21-9-10-23-18(24)11-14-5-2-3-8-17(14)22-23/h4,6-7,11-13H,2-3,5,8-10H2,1H3,(H,21,25). The molecular weight excluding hydrogens is 337 g/mol. The summed E-state index contributed by atoms with van der Waals surface area (Å²) in [5.74, 6) is -0.464. The van der Waals surface area contributed by atoms with Crippen LogP contribution < -0.4 is 15.6 Å². The lowest BCUT2D eigenvalue weighted by Crippen LogP contribution is -2.39. The minimum atomic E-state index is -0.773. The van der Waals surface area contributed by atoms with Gasteiger partial charge in [-0.25, -0.2) is 9.07 Å². The van der Waals surface area contributed by atoms with Crippen molar-refractivity contribution in [3.63, 3.8) is 0 Å². The first kappa shape index (κ1) is 18.1. The molecule has 26 heavy (non-hydrogen) atoms. The highest BCUT2D eigenvalue weighted by Crippen LogP contribution is 2.17. The minimum absolute atomic E-state index is 0.149. The molecule has 1 aromatic carbocycles. The van der Waals surface area contributed by atoms with Crippen LogP contribution in [0.3, 0.4) is 0 Å². The summed E-state index contributed by atoms with van der Waals surface area (Å²) in [6.07, 6.45) is 3.20. The summed E-state index contributed by atoms with van der Waals surface area (Å²) in [7, 11) is 0. The largest absolute Gasteiger partial charge is 0.481 e. The number of nitrogens with zero attached hydrogens (tertiary/aromatic N) is 2. The predicted molar refractivity (Wildman–Crippen MR) is 94.6 cm³/mol. The smallest absolute Gasteiger partial charge is 0.267 e.